The molecule has 94 valence electrons. The summed E-state index contributed by atoms with van der Waals surface area (Å²) < 4.78 is 0. The number of carbonyl (C=O) groups is 1. The third kappa shape index (κ3) is 2.71. The smallest absolute Gasteiger partial charge is 0.276 e. The summed E-state index contributed by atoms with van der Waals surface area (Å²) in [7, 11) is 0. The minimum absolute atomic E-state index is 0.0724. The molecule has 5 heteroatoms. The van der Waals surface area contributed by atoms with Crippen LogP contribution in [0.4, 0.5) is 0 Å². The fraction of sp³-hybridized carbons (Fsp3) is 0.231. The molecule has 0 aliphatic carbocycles. The Labute approximate surface area is 116 Å². The highest BCUT2D eigenvalue weighted by Crippen LogP contribution is 2.16. The van der Waals surface area contributed by atoms with Gasteiger partial charge >= 0.3 is 0 Å². The number of rotatable bonds is 3. The van der Waals surface area contributed by atoms with E-state index in [1.54, 1.807) is 23.1 Å². The fourth-order valence-corrected chi connectivity index (χ4v) is 2.13. The van der Waals surface area contributed by atoms with Crippen LogP contribution in [0.25, 0.3) is 6.08 Å². The number of benzene rings is 1. The molecule has 0 spiro atoms. The van der Waals surface area contributed by atoms with Gasteiger partial charge in [0.25, 0.3) is 5.91 Å². The zero-order valence-electron chi connectivity index (χ0n) is 9.94. The van der Waals surface area contributed by atoms with E-state index in [0.717, 1.165) is 12.0 Å². The van der Waals surface area contributed by atoms with Gasteiger partial charge in [0.05, 0.1) is 0 Å². The third-order valence-electron chi connectivity index (χ3n) is 2.59. The van der Waals surface area contributed by atoms with Crippen LogP contribution in [0.5, 0.6) is 0 Å². The van der Waals surface area contributed by atoms with E-state index >= 15 is 0 Å². The summed E-state index contributed by atoms with van der Waals surface area (Å²) in [6.45, 7) is 2.65. The molecule has 0 saturated carbocycles. The van der Waals surface area contributed by atoms with Crippen molar-refractivity contribution in [3.05, 3.63) is 40.5 Å². The highest BCUT2D eigenvalue weighted by atomic mass is 35.5. The first-order valence-corrected chi connectivity index (χ1v) is 6.50. The standard InChI is InChI=1S/C13H13ClN2OS/c1-2-7-16-12(17)11(15-13(16)18)8-9-3-5-10(14)6-4-9/h3-6,8H,2,7H2,1H3,(H,15,18). The molecule has 1 aromatic carbocycles. The molecule has 18 heavy (non-hydrogen) atoms. The molecule has 0 unspecified atom stereocenters. The van der Waals surface area contributed by atoms with E-state index in [0.29, 0.717) is 22.4 Å². The topological polar surface area (TPSA) is 32.3 Å². The lowest BCUT2D eigenvalue weighted by atomic mass is 10.2. The first-order valence-electron chi connectivity index (χ1n) is 5.72. The lowest BCUT2D eigenvalue weighted by molar-refractivity contribution is -0.122. The van der Waals surface area contributed by atoms with Crippen LogP contribution in [-0.2, 0) is 4.79 Å². The quantitative estimate of drug-likeness (QED) is 0.683. The summed E-state index contributed by atoms with van der Waals surface area (Å²) in [6, 6.07) is 7.29. The average Bonchev–Trinajstić information content (AvgIpc) is 2.60. The van der Waals surface area contributed by atoms with Gasteiger partial charge in [-0.3, -0.25) is 9.69 Å². The molecule has 1 N–H and O–H groups in total. The highest BCUT2D eigenvalue weighted by Gasteiger charge is 2.29. The molecule has 1 aromatic rings. The van der Waals surface area contributed by atoms with Crippen molar-refractivity contribution in [2.75, 3.05) is 6.54 Å². The Morgan fingerprint density at radius 2 is 2.06 bits per heavy atom. The second-order valence-corrected chi connectivity index (χ2v) is 4.82. The highest BCUT2D eigenvalue weighted by molar-refractivity contribution is 7.80. The van der Waals surface area contributed by atoms with Gasteiger partial charge < -0.3 is 5.32 Å². The normalized spacial score (nSPS) is 17.4. The lowest BCUT2D eigenvalue weighted by Gasteiger charge is -2.11. The predicted molar refractivity (Wildman–Crippen MR) is 77.2 cm³/mol. The van der Waals surface area contributed by atoms with Crippen LogP contribution < -0.4 is 5.32 Å². The van der Waals surface area contributed by atoms with Gasteiger partial charge in [-0.05, 0) is 42.4 Å². The van der Waals surface area contributed by atoms with Crippen molar-refractivity contribution in [2.24, 2.45) is 0 Å². The van der Waals surface area contributed by atoms with Gasteiger partial charge in [0.2, 0.25) is 0 Å². The molecule has 1 heterocycles. The zero-order valence-corrected chi connectivity index (χ0v) is 11.5. The van der Waals surface area contributed by atoms with Crippen LogP contribution in [0.2, 0.25) is 5.02 Å². The van der Waals surface area contributed by atoms with Crippen LogP contribution in [0, 0.1) is 0 Å². The number of hydrogen-bond acceptors (Lipinski definition) is 2. The molecule has 0 aromatic heterocycles. The van der Waals surface area contributed by atoms with E-state index in [1.165, 1.54) is 0 Å². The van der Waals surface area contributed by atoms with Crippen molar-refractivity contribution in [2.45, 2.75) is 13.3 Å². The molecule has 1 aliphatic heterocycles. The Hall–Kier alpha value is -1.39. The summed E-state index contributed by atoms with van der Waals surface area (Å²) in [5.41, 5.74) is 1.42. The molecule has 1 fully saturated rings. The number of amides is 1. The maximum absolute atomic E-state index is 12.1. The van der Waals surface area contributed by atoms with Gasteiger partial charge in [0.1, 0.15) is 5.70 Å². The van der Waals surface area contributed by atoms with Crippen LogP contribution in [0.3, 0.4) is 0 Å². The second kappa shape index (κ2) is 5.50. The Bertz CT molecular complexity index is 510. The largest absolute Gasteiger partial charge is 0.328 e. The summed E-state index contributed by atoms with van der Waals surface area (Å²) in [6.07, 6.45) is 2.66. The molecule has 1 aliphatic rings. The van der Waals surface area contributed by atoms with E-state index in [1.807, 2.05) is 19.1 Å². The lowest BCUT2D eigenvalue weighted by Crippen LogP contribution is -2.31. The number of halogens is 1. The van der Waals surface area contributed by atoms with Crippen molar-refractivity contribution in [1.29, 1.82) is 0 Å². The number of hydrogen-bond donors (Lipinski definition) is 1. The maximum atomic E-state index is 12.1. The molecular weight excluding hydrogens is 268 g/mol. The summed E-state index contributed by atoms with van der Waals surface area (Å²) in [4.78, 5) is 13.6. The first kappa shape index (κ1) is 13.1. The van der Waals surface area contributed by atoms with Crippen molar-refractivity contribution in [1.82, 2.24) is 10.2 Å². The SMILES string of the molecule is CCCN1C(=O)C(=Cc2ccc(Cl)cc2)NC1=S. The van der Waals surface area contributed by atoms with Crippen molar-refractivity contribution in [3.8, 4) is 0 Å². The number of nitrogens with one attached hydrogen (secondary N) is 1. The van der Waals surface area contributed by atoms with Crippen molar-refractivity contribution in [3.63, 3.8) is 0 Å². The summed E-state index contributed by atoms with van der Waals surface area (Å²) in [5.74, 6) is -0.0724. The Morgan fingerprint density at radius 3 is 2.67 bits per heavy atom. The Morgan fingerprint density at radius 1 is 1.39 bits per heavy atom. The van der Waals surface area contributed by atoms with Gasteiger partial charge in [-0.25, -0.2) is 0 Å². The van der Waals surface area contributed by atoms with Crippen molar-refractivity contribution < 1.29 is 4.79 Å². The van der Waals surface area contributed by atoms with Gasteiger partial charge in [0, 0.05) is 11.6 Å². The van der Waals surface area contributed by atoms with Crippen LogP contribution in [0.1, 0.15) is 18.9 Å². The zero-order chi connectivity index (χ0) is 13.1. The molecule has 0 atom stereocenters. The molecule has 0 bridgehead atoms. The fourth-order valence-electron chi connectivity index (χ4n) is 1.72. The minimum Gasteiger partial charge on any atom is -0.328 e. The van der Waals surface area contributed by atoms with Crippen molar-refractivity contribution >= 4 is 40.9 Å². The number of thiocarbonyl (C=S) groups is 1. The Balaban J connectivity index is 2.22. The summed E-state index contributed by atoms with van der Waals surface area (Å²) >= 11 is 10.9. The molecule has 3 nitrogen and oxygen atoms in total. The molecule has 1 amide bonds. The van der Waals surface area contributed by atoms with E-state index in [-0.39, 0.29) is 5.91 Å². The minimum atomic E-state index is -0.0724. The average molecular weight is 281 g/mol. The monoisotopic (exact) mass is 280 g/mol. The first-order chi connectivity index (χ1) is 8.61. The van der Waals surface area contributed by atoms with Crippen LogP contribution in [-0.4, -0.2) is 22.5 Å². The van der Waals surface area contributed by atoms with Gasteiger partial charge in [-0.15, -0.1) is 0 Å². The van der Waals surface area contributed by atoms with E-state index in [4.69, 9.17) is 23.8 Å². The third-order valence-corrected chi connectivity index (χ3v) is 3.16. The summed E-state index contributed by atoms with van der Waals surface area (Å²) in [5, 5.41) is 4.08. The molecule has 2 rings (SSSR count). The van der Waals surface area contributed by atoms with E-state index < -0.39 is 0 Å². The number of nitrogens with zero attached hydrogens (tertiary/aromatic N) is 1. The molecule has 1 saturated heterocycles. The van der Waals surface area contributed by atoms with Gasteiger partial charge in [-0.2, -0.15) is 0 Å². The van der Waals surface area contributed by atoms with Gasteiger partial charge in [-0.1, -0.05) is 30.7 Å². The van der Waals surface area contributed by atoms with Crippen LogP contribution in [0.15, 0.2) is 30.0 Å². The Kier molecular flexibility index (Phi) is 3.99. The predicted octanol–water partition coefficient (Wildman–Crippen LogP) is 2.81. The van der Waals surface area contributed by atoms with Crippen LogP contribution >= 0.6 is 23.8 Å². The van der Waals surface area contributed by atoms with Gasteiger partial charge in [0.15, 0.2) is 5.11 Å². The number of carbonyl (C=O) groups excluding carboxylic acids is 1. The molecule has 0 radical (unpaired) electrons. The second-order valence-electron chi connectivity index (χ2n) is 4.00. The van der Waals surface area contributed by atoms with E-state index in [2.05, 4.69) is 5.32 Å². The van der Waals surface area contributed by atoms with E-state index in [9.17, 15) is 4.79 Å². The molecular formula is C13H13ClN2OS. The maximum Gasteiger partial charge on any atom is 0.276 e.